The first-order chi connectivity index (χ1) is 13.8. The van der Waals surface area contributed by atoms with E-state index in [0.29, 0.717) is 5.69 Å². The summed E-state index contributed by atoms with van der Waals surface area (Å²) < 4.78 is 41.9. The van der Waals surface area contributed by atoms with Crippen LogP contribution in [0.25, 0.3) is 0 Å². The van der Waals surface area contributed by atoms with Crippen LogP contribution in [0.2, 0.25) is 0 Å². The SMILES string of the molecule is Cn1cnnc1C1CC1c1cccc(N2Cc3c(cccc3C(F)(F)F)C2=O)c1. The number of benzene rings is 2. The monoisotopic (exact) mass is 398 g/mol. The molecule has 1 aromatic heterocycles. The fraction of sp³-hybridized carbons (Fsp3) is 0.286. The third-order valence-corrected chi connectivity index (χ3v) is 5.75. The molecule has 1 aliphatic heterocycles. The molecule has 1 amide bonds. The highest BCUT2D eigenvalue weighted by Gasteiger charge is 2.43. The van der Waals surface area contributed by atoms with E-state index in [2.05, 4.69) is 10.2 Å². The Morgan fingerprint density at radius 1 is 1.10 bits per heavy atom. The second-order valence-corrected chi connectivity index (χ2v) is 7.56. The molecule has 0 saturated heterocycles. The molecule has 2 heterocycles. The van der Waals surface area contributed by atoms with E-state index in [9.17, 15) is 18.0 Å². The maximum absolute atomic E-state index is 13.3. The molecule has 2 aromatic carbocycles. The molecular weight excluding hydrogens is 381 g/mol. The molecule has 3 aromatic rings. The van der Waals surface area contributed by atoms with Crippen LogP contribution in [0.4, 0.5) is 18.9 Å². The fourth-order valence-electron chi connectivity index (χ4n) is 4.21. The molecule has 5 nitrogen and oxygen atoms in total. The van der Waals surface area contributed by atoms with Gasteiger partial charge in [0.2, 0.25) is 0 Å². The number of alkyl halides is 3. The summed E-state index contributed by atoms with van der Waals surface area (Å²) in [4.78, 5) is 14.2. The number of carbonyl (C=O) groups excluding carboxylic acids is 1. The number of halogens is 3. The van der Waals surface area contributed by atoms with Gasteiger partial charge in [-0.05, 0) is 47.7 Å². The van der Waals surface area contributed by atoms with Gasteiger partial charge >= 0.3 is 6.18 Å². The molecule has 2 aliphatic rings. The fourth-order valence-corrected chi connectivity index (χ4v) is 4.21. The summed E-state index contributed by atoms with van der Waals surface area (Å²) in [6.07, 6.45) is -1.89. The largest absolute Gasteiger partial charge is 0.416 e. The van der Waals surface area contributed by atoms with E-state index in [1.807, 2.05) is 29.8 Å². The van der Waals surface area contributed by atoms with E-state index in [-0.39, 0.29) is 29.5 Å². The Morgan fingerprint density at radius 3 is 2.62 bits per heavy atom. The van der Waals surface area contributed by atoms with E-state index < -0.39 is 17.6 Å². The molecular formula is C21H17F3N4O. The smallest absolute Gasteiger partial charge is 0.320 e. The number of aromatic nitrogens is 3. The molecule has 0 spiro atoms. The van der Waals surface area contributed by atoms with Crippen LogP contribution in [0.5, 0.6) is 0 Å². The first-order valence-electron chi connectivity index (χ1n) is 9.29. The summed E-state index contributed by atoms with van der Waals surface area (Å²) in [6.45, 7) is -0.0787. The third-order valence-electron chi connectivity index (χ3n) is 5.75. The van der Waals surface area contributed by atoms with E-state index in [1.165, 1.54) is 17.0 Å². The van der Waals surface area contributed by atoms with Crippen LogP contribution < -0.4 is 4.90 Å². The number of aryl methyl sites for hydroxylation is 1. The van der Waals surface area contributed by atoms with Gasteiger partial charge in [0.15, 0.2) is 0 Å². The molecule has 2 atom stereocenters. The second-order valence-electron chi connectivity index (χ2n) is 7.56. The summed E-state index contributed by atoms with van der Waals surface area (Å²) in [5.41, 5.74) is 1.08. The minimum atomic E-state index is -4.49. The highest BCUT2D eigenvalue weighted by molar-refractivity contribution is 6.10. The second kappa shape index (κ2) is 6.17. The van der Waals surface area contributed by atoms with Crippen LogP contribution >= 0.6 is 0 Å². The van der Waals surface area contributed by atoms with Crippen LogP contribution in [-0.2, 0) is 19.8 Å². The lowest BCUT2D eigenvalue weighted by atomic mass is 10.0. The minimum Gasteiger partial charge on any atom is -0.320 e. The molecule has 1 aliphatic carbocycles. The first kappa shape index (κ1) is 17.9. The minimum absolute atomic E-state index is 0.0405. The standard InChI is InChI=1S/C21H17F3N4O/c1-27-11-25-26-19(27)16-9-15(16)12-4-2-5-13(8-12)28-10-17-14(20(28)29)6-3-7-18(17)21(22,23)24/h2-8,11,15-16H,9-10H2,1H3. The molecule has 148 valence electrons. The number of amides is 1. The van der Waals surface area contributed by atoms with Crippen molar-refractivity contribution in [3.8, 4) is 0 Å². The molecule has 2 unspecified atom stereocenters. The number of rotatable bonds is 3. The van der Waals surface area contributed by atoms with Gasteiger partial charge in [0, 0.05) is 24.2 Å². The van der Waals surface area contributed by atoms with Gasteiger partial charge in [-0.3, -0.25) is 4.79 Å². The zero-order valence-electron chi connectivity index (χ0n) is 15.5. The average Bonchev–Trinajstić information content (AvgIpc) is 3.25. The normalized spacial score (nSPS) is 20.8. The van der Waals surface area contributed by atoms with Crippen molar-refractivity contribution in [1.82, 2.24) is 14.8 Å². The molecule has 8 heteroatoms. The van der Waals surface area contributed by atoms with E-state index in [0.717, 1.165) is 23.9 Å². The summed E-state index contributed by atoms with van der Waals surface area (Å²) in [5.74, 6) is 1.05. The van der Waals surface area contributed by atoms with Crippen molar-refractivity contribution >= 4 is 11.6 Å². The number of anilines is 1. The van der Waals surface area contributed by atoms with Crippen molar-refractivity contribution in [1.29, 1.82) is 0 Å². The van der Waals surface area contributed by atoms with Gasteiger partial charge in [-0.15, -0.1) is 10.2 Å². The van der Waals surface area contributed by atoms with Gasteiger partial charge in [0.05, 0.1) is 12.1 Å². The van der Waals surface area contributed by atoms with Crippen molar-refractivity contribution in [2.24, 2.45) is 7.05 Å². The molecule has 0 bridgehead atoms. The van der Waals surface area contributed by atoms with Gasteiger partial charge in [0.1, 0.15) is 12.2 Å². The van der Waals surface area contributed by atoms with Gasteiger partial charge in [-0.2, -0.15) is 13.2 Å². The topological polar surface area (TPSA) is 51.0 Å². The van der Waals surface area contributed by atoms with Gasteiger partial charge in [0.25, 0.3) is 5.91 Å². The number of hydrogen-bond donors (Lipinski definition) is 0. The highest BCUT2D eigenvalue weighted by Crippen LogP contribution is 2.54. The Labute approximate surface area is 164 Å². The average molecular weight is 398 g/mol. The molecule has 0 N–H and O–H groups in total. The van der Waals surface area contributed by atoms with E-state index >= 15 is 0 Å². The lowest BCUT2D eigenvalue weighted by molar-refractivity contribution is -0.138. The van der Waals surface area contributed by atoms with Crippen LogP contribution in [-0.4, -0.2) is 20.7 Å². The lowest BCUT2D eigenvalue weighted by Crippen LogP contribution is -2.23. The first-order valence-corrected chi connectivity index (χ1v) is 9.29. The molecule has 29 heavy (non-hydrogen) atoms. The zero-order valence-corrected chi connectivity index (χ0v) is 15.5. The quantitative estimate of drug-likeness (QED) is 0.662. The number of nitrogens with zero attached hydrogens (tertiary/aromatic N) is 4. The Morgan fingerprint density at radius 2 is 1.90 bits per heavy atom. The Bertz CT molecular complexity index is 1120. The van der Waals surface area contributed by atoms with Crippen molar-refractivity contribution in [2.75, 3.05) is 4.90 Å². The summed E-state index contributed by atoms with van der Waals surface area (Å²) in [5, 5.41) is 8.09. The van der Waals surface area contributed by atoms with Crippen LogP contribution in [0.15, 0.2) is 48.8 Å². The van der Waals surface area contributed by atoms with Crippen LogP contribution in [0.1, 0.15) is 51.1 Å². The van der Waals surface area contributed by atoms with Crippen LogP contribution in [0.3, 0.4) is 0 Å². The van der Waals surface area contributed by atoms with Gasteiger partial charge < -0.3 is 9.47 Å². The zero-order chi connectivity index (χ0) is 20.3. The predicted octanol–water partition coefficient (Wildman–Crippen LogP) is 4.27. The van der Waals surface area contributed by atoms with E-state index in [1.54, 1.807) is 12.4 Å². The Balaban J connectivity index is 1.44. The highest BCUT2D eigenvalue weighted by atomic mass is 19.4. The van der Waals surface area contributed by atoms with Crippen molar-refractivity contribution in [3.05, 3.63) is 76.9 Å². The molecule has 1 saturated carbocycles. The Hall–Kier alpha value is -3.16. The number of carbonyl (C=O) groups is 1. The maximum Gasteiger partial charge on any atom is 0.416 e. The van der Waals surface area contributed by atoms with E-state index in [4.69, 9.17) is 0 Å². The number of fused-ring (bicyclic) bond motifs is 1. The maximum atomic E-state index is 13.3. The van der Waals surface area contributed by atoms with Crippen molar-refractivity contribution < 1.29 is 18.0 Å². The van der Waals surface area contributed by atoms with Gasteiger partial charge in [-0.25, -0.2) is 0 Å². The van der Waals surface area contributed by atoms with Crippen molar-refractivity contribution in [2.45, 2.75) is 31.0 Å². The van der Waals surface area contributed by atoms with Gasteiger partial charge in [-0.1, -0.05) is 18.2 Å². The summed E-state index contributed by atoms with van der Waals surface area (Å²) in [6, 6.07) is 11.3. The molecule has 0 radical (unpaired) electrons. The molecule has 5 rings (SSSR count). The summed E-state index contributed by atoms with van der Waals surface area (Å²) >= 11 is 0. The lowest BCUT2D eigenvalue weighted by Gasteiger charge is -2.17. The van der Waals surface area contributed by atoms with Crippen LogP contribution in [0, 0.1) is 0 Å². The van der Waals surface area contributed by atoms with Crippen molar-refractivity contribution in [3.63, 3.8) is 0 Å². The molecule has 1 fully saturated rings. The summed E-state index contributed by atoms with van der Waals surface area (Å²) in [7, 11) is 1.90. The predicted molar refractivity (Wildman–Crippen MR) is 99.5 cm³/mol. The number of hydrogen-bond acceptors (Lipinski definition) is 3. The third kappa shape index (κ3) is 2.90. The Kier molecular flexibility index (Phi) is 3.81.